The van der Waals surface area contributed by atoms with E-state index in [0.29, 0.717) is 13.0 Å². The third kappa shape index (κ3) is 5.79. The van der Waals surface area contributed by atoms with Gasteiger partial charge in [0.25, 0.3) is 0 Å². The zero-order chi connectivity index (χ0) is 15.7. The number of aliphatic carboxylic acids is 1. The number of nitrogens with zero attached hydrogens (tertiary/aromatic N) is 1. The lowest BCUT2D eigenvalue weighted by Crippen LogP contribution is -2.45. The molecule has 0 aliphatic rings. The number of carboxylic acids is 1. The van der Waals surface area contributed by atoms with Gasteiger partial charge in [-0.2, -0.15) is 0 Å². The van der Waals surface area contributed by atoms with Crippen LogP contribution in [0.2, 0.25) is 0 Å². The first-order valence-electron chi connectivity index (χ1n) is 6.77. The Morgan fingerprint density at radius 1 is 1.38 bits per heavy atom. The molecule has 21 heavy (non-hydrogen) atoms. The number of hydrogen-bond acceptors (Lipinski definition) is 3. The fraction of sp³-hybridized carbons (Fsp3) is 0.375. The molecule has 1 atom stereocenters. The first-order valence-corrected chi connectivity index (χ1v) is 6.77. The van der Waals surface area contributed by atoms with Crippen LogP contribution in [0.25, 0.3) is 0 Å². The van der Waals surface area contributed by atoms with E-state index < -0.39 is 12.0 Å². The second-order valence-corrected chi connectivity index (χ2v) is 4.69. The minimum absolute atomic E-state index is 0.0411. The van der Waals surface area contributed by atoms with Gasteiger partial charge in [0.2, 0.25) is 5.91 Å². The molecule has 1 rings (SSSR count). The van der Waals surface area contributed by atoms with E-state index in [2.05, 4.69) is 6.58 Å². The molecular weight excluding hydrogens is 270 g/mol. The van der Waals surface area contributed by atoms with Gasteiger partial charge in [-0.15, -0.1) is 6.58 Å². The zero-order valence-corrected chi connectivity index (χ0v) is 12.2. The van der Waals surface area contributed by atoms with Crippen molar-refractivity contribution in [3.05, 3.63) is 48.6 Å². The molecule has 1 aromatic rings. The Bertz CT molecular complexity index is 472. The topological polar surface area (TPSA) is 66.8 Å². The lowest BCUT2D eigenvalue weighted by atomic mass is 10.2. The molecule has 0 radical (unpaired) electrons. The molecule has 0 saturated carbocycles. The average molecular weight is 291 g/mol. The molecule has 5 nitrogen and oxygen atoms in total. The molecule has 1 amide bonds. The van der Waals surface area contributed by atoms with Crippen molar-refractivity contribution in [3.63, 3.8) is 0 Å². The smallest absolute Gasteiger partial charge is 0.328 e. The van der Waals surface area contributed by atoms with Gasteiger partial charge in [0, 0.05) is 13.5 Å². The third-order valence-electron chi connectivity index (χ3n) is 3.10. The molecule has 5 heteroatoms. The SMILES string of the molecule is C=CCCC(=O)N(C)C(COCc1ccccc1)C(=O)O. The maximum atomic E-state index is 11.8. The lowest BCUT2D eigenvalue weighted by molar-refractivity contribution is -0.151. The Balaban J connectivity index is 2.51. The Kier molecular flexibility index (Phi) is 7.18. The standard InChI is InChI=1S/C16H21NO4/c1-3-4-10-15(18)17(2)14(16(19)20)12-21-11-13-8-6-5-7-9-13/h3,5-9,14H,1,4,10-12H2,2H3,(H,19,20). The summed E-state index contributed by atoms with van der Waals surface area (Å²) in [5.41, 5.74) is 0.960. The second kappa shape index (κ2) is 8.92. The number of carbonyl (C=O) groups is 2. The summed E-state index contributed by atoms with van der Waals surface area (Å²) < 4.78 is 5.42. The molecule has 0 fully saturated rings. The molecule has 1 N–H and O–H groups in total. The third-order valence-corrected chi connectivity index (χ3v) is 3.10. The predicted octanol–water partition coefficient (Wildman–Crippen LogP) is 2.08. The molecular formula is C16H21NO4. The van der Waals surface area contributed by atoms with Crippen LogP contribution in [0.3, 0.4) is 0 Å². The van der Waals surface area contributed by atoms with E-state index in [-0.39, 0.29) is 18.9 Å². The Morgan fingerprint density at radius 3 is 2.62 bits per heavy atom. The van der Waals surface area contributed by atoms with E-state index in [4.69, 9.17) is 4.74 Å². The van der Waals surface area contributed by atoms with Crippen LogP contribution < -0.4 is 0 Å². The molecule has 0 bridgehead atoms. The fourth-order valence-corrected chi connectivity index (χ4v) is 1.79. The van der Waals surface area contributed by atoms with Crippen molar-refractivity contribution in [3.8, 4) is 0 Å². The van der Waals surface area contributed by atoms with Crippen LogP contribution in [0.1, 0.15) is 18.4 Å². The highest BCUT2D eigenvalue weighted by molar-refractivity contribution is 5.83. The number of ether oxygens (including phenoxy) is 1. The van der Waals surface area contributed by atoms with Crippen LogP contribution in [0.4, 0.5) is 0 Å². The van der Waals surface area contributed by atoms with Gasteiger partial charge in [-0.3, -0.25) is 4.79 Å². The number of allylic oxidation sites excluding steroid dienone is 1. The summed E-state index contributed by atoms with van der Waals surface area (Å²) in [5.74, 6) is -1.30. The molecule has 1 unspecified atom stereocenters. The summed E-state index contributed by atoms with van der Waals surface area (Å²) in [7, 11) is 1.48. The highest BCUT2D eigenvalue weighted by atomic mass is 16.5. The van der Waals surface area contributed by atoms with Crippen LogP contribution in [-0.4, -0.2) is 41.6 Å². The van der Waals surface area contributed by atoms with Gasteiger partial charge < -0.3 is 14.7 Å². The number of carbonyl (C=O) groups excluding carboxylic acids is 1. The van der Waals surface area contributed by atoms with Crippen LogP contribution >= 0.6 is 0 Å². The highest BCUT2D eigenvalue weighted by Crippen LogP contribution is 2.06. The van der Waals surface area contributed by atoms with E-state index >= 15 is 0 Å². The first-order chi connectivity index (χ1) is 10.1. The van der Waals surface area contributed by atoms with Crippen molar-refractivity contribution < 1.29 is 19.4 Å². The molecule has 0 heterocycles. The Labute approximate surface area is 124 Å². The van der Waals surface area contributed by atoms with Crippen LogP contribution in [-0.2, 0) is 20.9 Å². The highest BCUT2D eigenvalue weighted by Gasteiger charge is 2.26. The zero-order valence-electron chi connectivity index (χ0n) is 12.2. The largest absolute Gasteiger partial charge is 0.480 e. The maximum absolute atomic E-state index is 11.8. The van der Waals surface area contributed by atoms with Crippen LogP contribution in [0.5, 0.6) is 0 Å². The Morgan fingerprint density at radius 2 is 2.05 bits per heavy atom. The summed E-state index contributed by atoms with van der Waals surface area (Å²) in [6, 6.07) is 8.49. The van der Waals surface area contributed by atoms with E-state index in [1.165, 1.54) is 11.9 Å². The molecule has 114 valence electrons. The van der Waals surface area contributed by atoms with Gasteiger partial charge in [-0.25, -0.2) is 4.79 Å². The summed E-state index contributed by atoms with van der Waals surface area (Å²) in [6.45, 7) is 3.82. The van der Waals surface area contributed by atoms with Crippen molar-refractivity contribution >= 4 is 11.9 Å². The second-order valence-electron chi connectivity index (χ2n) is 4.69. The number of likely N-dealkylation sites (N-methyl/N-ethyl adjacent to an activating group) is 1. The number of rotatable bonds is 9. The minimum Gasteiger partial charge on any atom is -0.480 e. The number of carboxylic acid groups (broad SMARTS) is 1. The normalized spacial score (nSPS) is 11.7. The molecule has 0 spiro atoms. The maximum Gasteiger partial charge on any atom is 0.328 e. The number of benzene rings is 1. The van der Waals surface area contributed by atoms with Gasteiger partial charge in [-0.1, -0.05) is 36.4 Å². The monoisotopic (exact) mass is 291 g/mol. The van der Waals surface area contributed by atoms with E-state index in [1.807, 2.05) is 30.3 Å². The van der Waals surface area contributed by atoms with Gasteiger partial charge in [0.05, 0.1) is 13.2 Å². The molecule has 0 aromatic heterocycles. The fourth-order valence-electron chi connectivity index (χ4n) is 1.79. The van der Waals surface area contributed by atoms with Crippen molar-refractivity contribution in [1.29, 1.82) is 0 Å². The van der Waals surface area contributed by atoms with Gasteiger partial charge >= 0.3 is 5.97 Å². The number of amides is 1. The Hall–Kier alpha value is -2.14. The van der Waals surface area contributed by atoms with Gasteiger partial charge in [0.1, 0.15) is 0 Å². The summed E-state index contributed by atoms with van der Waals surface area (Å²) in [4.78, 5) is 24.3. The summed E-state index contributed by atoms with van der Waals surface area (Å²) in [6.07, 6.45) is 2.41. The molecule has 0 aliphatic heterocycles. The van der Waals surface area contributed by atoms with E-state index in [1.54, 1.807) is 6.08 Å². The number of hydrogen-bond donors (Lipinski definition) is 1. The quantitative estimate of drug-likeness (QED) is 0.707. The molecule has 0 aliphatic carbocycles. The van der Waals surface area contributed by atoms with Crippen molar-refractivity contribution in [2.45, 2.75) is 25.5 Å². The van der Waals surface area contributed by atoms with Crippen molar-refractivity contribution in [1.82, 2.24) is 4.90 Å². The van der Waals surface area contributed by atoms with E-state index in [0.717, 1.165) is 5.56 Å². The minimum atomic E-state index is -1.07. The molecule has 1 aromatic carbocycles. The lowest BCUT2D eigenvalue weighted by Gasteiger charge is -2.24. The first kappa shape index (κ1) is 16.9. The van der Waals surface area contributed by atoms with E-state index in [9.17, 15) is 14.7 Å². The summed E-state index contributed by atoms with van der Waals surface area (Å²) >= 11 is 0. The van der Waals surface area contributed by atoms with Gasteiger partial charge in [0.15, 0.2) is 6.04 Å². The van der Waals surface area contributed by atoms with Crippen LogP contribution in [0.15, 0.2) is 43.0 Å². The summed E-state index contributed by atoms with van der Waals surface area (Å²) in [5, 5.41) is 9.22. The van der Waals surface area contributed by atoms with Crippen molar-refractivity contribution in [2.24, 2.45) is 0 Å². The average Bonchev–Trinajstić information content (AvgIpc) is 2.49. The predicted molar refractivity (Wildman–Crippen MR) is 79.7 cm³/mol. The van der Waals surface area contributed by atoms with Gasteiger partial charge in [-0.05, 0) is 12.0 Å². The van der Waals surface area contributed by atoms with Crippen LogP contribution in [0, 0.1) is 0 Å². The molecule has 0 saturated heterocycles. The van der Waals surface area contributed by atoms with Crippen molar-refractivity contribution in [2.75, 3.05) is 13.7 Å².